The van der Waals surface area contributed by atoms with Crippen molar-refractivity contribution in [1.82, 2.24) is 14.4 Å². The molecular weight excluding hydrogens is 376 g/mol. The Morgan fingerprint density at radius 2 is 1.50 bits per heavy atom. The first-order valence-electron chi connectivity index (χ1n) is 10.1. The highest BCUT2D eigenvalue weighted by molar-refractivity contribution is 5.92. The number of nitrogens with zero attached hydrogens (tertiary/aromatic N) is 3. The van der Waals surface area contributed by atoms with Gasteiger partial charge in [-0.3, -0.25) is 9.69 Å². The van der Waals surface area contributed by atoms with Gasteiger partial charge in [0.2, 0.25) is 5.91 Å². The molecule has 1 heterocycles. The summed E-state index contributed by atoms with van der Waals surface area (Å²) in [4.78, 5) is 16.4. The maximum Gasteiger partial charge on any atom is 0.238 e. The van der Waals surface area contributed by atoms with Crippen molar-refractivity contribution in [2.75, 3.05) is 46.1 Å². The number of carbonyl (C=O) groups excluding carboxylic acids is 1. The first-order chi connectivity index (χ1) is 14.5. The Morgan fingerprint density at radius 3 is 2.10 bits per heavy atom. The summed E-state index contributed by atoms with van der Waals surface area (Å²) in [5, 5.41) is 2.94. The van der Waals surface area contributed by atoms with Crippen LogP contribution in [-0.2, 0) is 4.79 Å². The molecule has 0 radical (unpaired) electrons. The van der Waals surface area contributed by atoms with E-state index in [-0.39, 0.29) is 5.91 Å². The molecule has 158 valence electrons. The van der Waals surface area contributed by atoms with Crippen molar-refractivity contribution < 1.29 is 9.53 Å². The molecule has 2 aromatic carbocycles. The molecule has 0 bridgehead atoms. The molecule has 30 heavy (non-hydrogen) atoms. The van der Waals surface area contributed by atoms with Gasteiger partial charge in [0, 0.05) is 23.8 Å². The zero-order chi connectivity index (χ0) is 21.3. The summed E-state index contributed by atoms with van der Waals surface area (Å²) in [5.74, 6) is 1.47. The SMILES string of the molecule is CN(C)CCCN(C)CC(=O)Nc1ccc(Oc2ccc(-n3cccc3)cc2)cc1. The van der Waals surface area contributed by atoms with E-state index in [0.717, 1.165) is 42.4 Å². The van der Waals surface area contributed by atoms with Crippen LogP contribution in [0.3, 0.4) is 0 Å². The number of benzene rings is 2. The van der Waals surface area contributed by atoms with Crippen molar-refractivity contribution in [3.05, 3.63) is 73.1 Å². The fourth-order valence-electron chi connectivity index (χ4n) is 3.12. The van der Waals surface area contributed by atoms with Gasteiger partial charge < -0.3 is 19.5 Å². The Bertz CT molecular complexity index is 903. The lowest BCUT2D eigenvalue weighted by atomic mass is 10.2. The smallest absolute Gasteiger partial charge is 0.238 e. The van der Waals surface area contributed by atoms with Crippen molar-refractivity contribution in [2.24, 2.45) is 0 Å². The summed E-state index contributed by atoms with van der Waals surface area (Å²) in [6, 6.07) is 19.3. The van der Waals surface area contributed by atoms with Crippen LogP contribution in [0.5, 0.6) is 11.5 Å². The van der Waals surface area contributed by atoms with E-state index in [0.29, 0.717) is 6.54 Å². The second kappa shape index (κ2) is 10.6. The predicted molar refractivity (Wildman–Crippen MR) is 122 cm³/mol. The van der Waals surface area contributed by atoms with Crippen LogP contribution < -0.4 is 10.1 Å². The van der Waals surface area contributed by atoms with E-state index in [1.165, 1.54) is 0 Å². The first kappa shape index (κ1) is 21.6. The molecule has 0 spiro atoms. The topological polar surface area (TPSA) is 49.7 Å². The molecule has 0 aliphatic carbocycles. The number of rotatable bonds is 10. The normalized spacial score (nSPS) is 11.1. The molecule has 0 saturated heterocycles. The molecule has 6 nitrogen and oxygen atoms in total. The lowest BCUT2D eigenvalue weighted by Gasteiger charge is -2.17. The number of hydrogen-bond acceptors (Lipinski definition) is 4. The van der Waals surface area contributed by atoms with Gasteiger partial charge in [0.05, 0.1) is 6.54 Å². The fraction of sp³-hybridized carbons (Fsp3) is 0.292. The van der Waals surface area contributed by atoms with Gasteiger partial charge in [0.25, 0.3) is 0 Å². The summed E-state index contributed by atoms with van der Waals surface area (Å²) < 4.78 is 7.95. The number of amides is 1. The lowest BCUT2D eigenvalue weighted by molar-refractivity contribution is -0.117. The van der Waals surface area contributed by atoms with Crippen molar-refractivity contribution in [2.45, 2.75) is 6.42 Å². The molecule has 0 aliphatic rings. The molecule has 0 fully saturated rings. The van der Waals surface area contributed by atoms with E-state index in [4.69, 9.17) is 4.74 Å². The van der Waals surface area contributed by atoms with E-state index in [9.17, 15) is 4.79 Å². The zero-order valence-corrected chi connectivity index (χ0v) is 17.9. The Hall–Kier alpha value is -3.09. The summed E-state index contributed by atoms with van der Waals surface area (Å²) in [6.45, 7) is 2.28. The first-order valence-corrected chi connectivity index (χ1v) is 10.1. The van der Waals surface area contributed by atoms with Gasteiger partial charge in [0.15, 0.2) is 0 Å². The number of aromatic nitrogens is 1. The van der Waals surface area contributed by atoms with E-state index in [1.54, 1.807) is 0 Å². The third kappa shape index (κ3) is 6.76. The fourth-order valence-corrected chi connectivity index (χ4v) is 3.12. The summed E-state index contributed by atoms with van der Waals surface area (Å²) in [6.07, 6.45) is 5.05. The average Bonchev–Trinajstić information content (AvgIpc) is 3.24. The van der Waals surface area contributed by atoms with Gasteiger partial charge in [-0.1, -0.05) is 0 Å². The third-order valence-electron chi connectivity index (χ3n) is 4.67. The monoisotopic (exact) mass is 406 g/mol. The maximum absolute atomic E-state index is 12.2. The number of carbonyl (C=O) groups is 1. The predicted octanol–water partition coefficient (Wildman–Crippen LogP) is 4.09. The van der Waals surface area contributed by atoms with Gasteiger partial charge in [0.1, 0.15) is 11.5 Å². The minimum atomic E-state index is -0.0170. The van der Waals surface area contributed by atoms with Crippen LogP contribution in [0, 0.1) is 0 Å². The van der Waals surface area contributed by atoms with Crippen LogP contribution in [0.25, 0.3) is 5.69 Å². The molecule has 0 saturated carbocycles. The van der Waals surface area contributed by atoms with Gasteiger partial charge in [-0.2, -0.15) is 0 Å². The average molecular weight is 407 g/mol. The van der Waals surface area contributed by atoms with Crippen LogP contribution in [0.4, 0.5) is 5.69 Å². The highest BCUT2D eigenvalue weighted by atomic mass is 16.5. The molecule has 0 aliphatic heterocycles. The van der Waals surface area contributed by atoms with E-state index in [2.05, 4.69) is 24.3 Å². The molecule has 1 aromatic heterocycles. The second-order valence-corrected chi connectivity index (χ2v) is 7.65. The molecule has 0 unspecified atom stereocenters. The van der Waals surface area contributed by atoms with E-state index < -0.39 is 0 Å². The molecular formula is C24H30N4O2. The minimum absolute atomic E-state index is 0.0170. The van der Waals surface area contributed by atoms with Crippen molar-refractivity contribution >= 4 is 11.6 Å². The van der Waals surface area contributed by atoms with Crippen LogP contribution in [0.15, 0.2) is 73.1 Å². The number of hydrogen-bond donors (Lipinski definition) is 1. The minimum Gasteiger partial charge on any atom is -0.457 e. The number of anilines is 1. The molecule has 6 heteroatoms. The van der Waals surface area contributed by atoms with Gasteiger partial charge >= 0.3 is 0 Å². The van der Waals surface area contributed by atoms with Crippen LogP contribution in [0.1, 0.15) is 6.42 Å². The maximum atomic E-state index is 12.2. The van der Waals surface area contributed by atoms with Crippen LogP contribution in [0.2, 0.25) is 0 Å². The van der Waals surface area contributed by atoms with Crippen molar-refractivity contribution in [1.29, 1.82) is 0 Å². The number of likely N-dealkylation sites (N-methyl/N-ethyl adjacent to an activating group) is 1. The van der Waals surface area contributed by atoms with Gasteiger partial charge in [-0.05, 0) is 101 Å². The van der Waals surface area contributed by atoms with Crippen molar-refractivity contribution in [3.63, 3.8) is 0 Å². The van der Waals surface area contributed by atoms with Gasteiger partial charge in [-0.25, -0.2) is 0 Å². The van der Waals surface area contributed by atoms with Crippen molar-refractivity contribution in [3.8, 4) is 17.2 Å². The Morgan fingerprint density at radius 1 is 0.900 bits per heavy atom. The molecule has 1 N–H and O–H groups in total. The molecule has 3 aromatic rings. The Kier molecular flexibility index (Phi) is 7.65. The van der Waals surface area contributed by atoms with E-state index in [1.807, 2.05) is 89.6 Å². The van der Waals surface area contributed by atoms with E-state index >= 15 is 0 Å². The lowest BCUT2D eigenvalue weighted by Crippen LogP contribution is -2.32. The number of ether oxygens (including phenoxy) is 1. The largest absolute Gasteiger partial charge is 0.457 e. The summed E-state index contributed by atoms with van der Waals surface area (Å²) >= 11 is 0. The Balaban J connectivity index is 1.47. The number of nitrogens with one attached hydrogen (secondary N) is 1. The zero-order valence-electron chi connectivity index (χ0n) is 17.9. The summed E-state index contributed by atoms with van der Waals surface area (Å²) in [7, 11) is 6.07. The van der Waals surface area contributed by atoms with Crippen LogP contribution >= 0.6 is 0 Å². The standard InChI is InChI=1S/C24H30N4O2/c1-26(2)15-6-16-27(3)19-24(29)25-20-7-11-22(12-8-20)30-23-13-9-21(10-14-23)28-17-4-5-18-28/h4-5,7-14,17-18H,6,15-16,19H2,1-3H3,(H,25,29). The van der Waals surface area contributed by atoms with Gasteiger partial charge in [-0.15, -0.1) is 0 Å². The molecule has 3 rings (SSSR count). The second-order valence-electron chi connectivity index (χ2n) is 7.65. The Labute approximate surface area is 178 Å². The molecule has 1 amide bonds. The highest BCUT2D eigenvalue weighted by Crippen LogP contribution is 2.24. The quantitative estimate of drug-likeness (QED) is 0.551. The molecule has 0 atom stereocenters. The highest BCUT2D eigenvalue weighted by Gasteiger charge is 2.07. The third-order valence-corrected chi connectivity index (χ3v) is 4.67. The summed E-state index contributed by atoms with van der Waals surface area (Å²) in [5.41, 5.74) is 1.84. The van der Waals surface area contributed by atoms with Crippen LogP contribution in [-0.4, -0.2) is 61.1 Å².